The third kappa shape index (κ3) is 3.87. The van der Waals surface area contributed by atoms with E-state index >= 15 is 0 Å². The zero-order valence-corrected chi connectivity index (χ0v) is 5.41. The minimum atomic E-state index is 0.581. The Bertz CT molecular complexity index is 50.1. The smallest absolute Gasteiger partial charge is 0.0228 e. The van der Waals surface area contributed by atoms with Gasteiger partial charge >= 0.3 is 0 Å². The third-order valence-corrected chi connectivity index (χ3v) is 1.19. The Morgan fingerprint density at radius 1 is 1.86 bits per heavy atom. The lowest BCUT2D eigenvalue weighted by atomic mass is 10.1. The number of halogens is 1. The highest BCUT2D eigenvalue weighted by Gasteiger charge is 1.90. The molecule has 0 aliphatic rings. The van der Waals surface area contributed by atoms with Gasteiger partial charge in [0.15, 0.2) is 0 Å². The molecule has 0 N–H and O–H groups in total. The van der Waals surface area contributed by atoms with Gasteiger partial charge in [-0.05, 0) is 12.3 Å². The van der Waals surface area contributed by atoms with E-state index in [1.54, 1.807) is 0 Å². The first-order chi connectivity index (χ1) is 3.31. The largest absolute Gasteiger partial charge is 0.127 e. The second kappa shape index (κ2) is 4.20. The first-order valence-corrected chi connectivity index (χ1v) is 3.03. The molecule has 7 heavy (non-hydrogen) atoms. The molecule has 0 aromatic heterocycles. The summed E-state index contributed by atoms with van der Waals surface area (Å²) >= 11 is 5.43. The fourth-order valence-corrected chi connectivity index (χ4v) is 0.634. The molecule has 0 spiro atoms. The minimum Gasteiger partial charge on any atom is -0.127 e. The molecule has 0 aliphatic heterocycles. The van der Waals surface area contributed by atoms with Crippen molar-refractivity contribution >= 4 is 11.6 Å². The lowest BCUT2D eigenvalue weighted by molar-refractivity contribution is 0.705. The maximum absolute atomic E-state index is 5.43. The summed E-state index contributed by atoms with van der Waals surface area (Å²) in [4.78, 5) is 0. The lowest BCUT2D eigenvalue weighted by Crippen LogP contribution is -1.87. The number of hydrogen-bond acceptors (Lipinski definition) is 0. The molecule has 0 radical (unpaired) electrons. The molecule has 0 heterocycles. The molecule has 42 valence electrons. The number of alkyl halides is 1. The summed E-state index contributed by atoms with van der Waals surface area (Å²) < 4.78 is 0. The molecular formula is C6H11Cl. The molecule has 0 amide bonds. The van der Waals surface area contributed by atoms with Crippen molar-refractivity contribution in [2.24, 2.45) is 5.92 Å². The monoisotopic (exact) mass is 118 g/mol. The highest BCUT2D eigenvalue weighted by molar-refractivity contribution is 6.17. The van der Waals surface area contributed by atoms with Crippen molar-refractivity contribution in [3.05, 3.63) is 12.7 Å². The van der Waals surface area contributed by atoms with Crippen LogP contribution in [0.5, 0.6) is 0 Å². The third-order valence-electron chi connectivity index (χ3n) is 0.967. The van der Waals surface area contributed by atoms with E-state index in [-0.39, 0.29) is 0 Å². The van der Waals surface area contributed by atoms with Crippen molar-refractivity contribution in [1.82, 2.24) is 0 Å². The Morgan fingerprint density at radius 3 is 2.57 bits per heavy atom. The predicted octanol–water partition coefficient (Wildman–Crippen LogP) is 2.44. The molecule has 1 unspecified atom stereocenters. The highest BCUT2D eigenvalue weighted by Crippen LogP contribution is 2.01. The van der Waals surface area contributed by atoms with Crippen molar-refractivity contribution in [1.29, 1.82) is 0 Å². The van der Waals surface area contributed by atoms with Gasteiger partial charge in [-0.1, -0.05) is 13.0 Å². The molecule has 0 saturated carbocycles. The summed E-state index contributed by atoms with van der Waals surface area (Å²) in [5, 5.41) is 0. The average Bonchev–Trinajstić information content (AvgIpc) is 1.68. The zero-order valence-electron chi connectivity index (χ0n) is 4.65. The standard InChI is InChI=1S/C6H11Cl/c1-3-6(2)4-5-7/h3,6H,1,4-5H2,2H3. The number of rotatable bonds is 3. The van der Waals surface area contributed by atoms with Crippen LogP contribution in [0.2, 0.25) is 0 Å². The Hall–Kier alpha value is 0.0300. The summed E-state index contributed by atoms with van der Waals surface area (Å²) in [5.74, 6) is 1.32. The predicted molar refractivity (Wildman–Crippen MR) is 34.7 cm³/mol. The van der Waals surface area contributed by atoms with Crippen LogP contribution in [0.4, 0.5) is 0 Å². The van der Waals surface area contributed by atoms with E-state index in [1.165, 1.54) is 0 Å². The van der Waals surface area contributed by atoms with Crippen LogP contribution in [0.3, 0.4) is 0 Å². The summed E-state index contributed by atoms with van der Waals surface area (Å²) in [6.07, 6.45) is 2.97. The Labute approximate surface area is 50.2 Å². The van der Waals surface area contributed by atoms with Gasteiger partial charge in [0.25, 0.3) is 0 Å². The van der Waals surface area contributed by atoms with Crippen LogP contribution < -0.4 is 0 Å². The van der Waals surface area contributed by atoms with Crippen LogP contribution in [-0.4, -0.2) is 5.88 Å². The minimum absolute atomic E-state index is 0.581. The molecule has 0 saturated heterocycles. The molecule has 1 atom stereocenters. The van der Waals surface area contributed by atoms with Gasteiger partial charge in [-0.2, -0.15) is 0 Å². The van der Waals surface area contributed by atoms with Crippen LogP contribution in [-0.2, 0) is 0 Å². The number of allylic oxidation sites excluding steroid dienone is 1. The molecule has 0 rings (SSSR count). The lowest BCUT2D eigenvalue weighted by Gasteiger charge is -1.97. The van der Waals surface area contributed by atoms with E-state index in [4.69, 9.17) is 11.6 Å². The first kappa shape index (κ1) is 7.03. The van der Waals surface area contributed by atoms with E-state index in [0.29, 0.717) is 5.92 Å². The van der Waals surface area contributed by atoms with Crippen molar-refractivity contribution in [3.63, 3.8) is 0 Å². The van der Waals surface area contributed by atoms with Gasteiger partial charge in [-0.3, -0.25) is 0 Å². The van der Waals surface area contributed by atoms with E-state index in [2.05, 4.69) is 13.5 Å². The van der Waals surface area contributed by atoms with Gasteiger partial charge < -0.3 is 0 Å². The Kier molecular flexibility index (Phi) is 4.21. The van der Waals surface area contributed by atoms with Crippen molar-refractivity contribution in [2.75, 3.05) is 5.88 Å². The topological polar surface area (TPSA) is 0 Å². The van der Waals surface area contributed by atoms with Gasteiger partial charge in [0.05, 0.1) is 0 Å². The second-order valence-corrected chi connectivity index (χ2v) is 2.07. The average molecular weight is 119 g/mol. The normalized spacial score (nSPS) is 13.4. The molecule has 0 fully saturated rings. The molecule has 0 nitrogen and oxygen atoms in total. The molecule has 0 aromatic carbocycles. The van der Waals surface area contributed by atoms with Crippen molar-refractivity contribution < 1.29 is 0 Å². The Morgan fingerprint density at radius 2 is 2.43 bits per heavy atom. The van der Waals surface area contributed by atoms with E-state index in [1.807, 2.05) is 6.08 Å². The Balaban J connectivity index is 2.98. The van der Waals surface area contributed by atoms with Crippen LogP contribution in [0.15, 0.2) is 12.7 Å². The quantitative estimate of drug-likeness (QED) is 0.395. The van der Waals surface area contributed by atoms with Crippen LogP contribution in [0.25, 0.3) is 0 Å². The van der Waals surface area contributed by atoms with Gasteiger partial charge in [-0.15, -0.1) is 18.2 Å². The molecular weight excluding hydrogens is 108 g/mol. The van der Waals surface area contributed by atoms with Crippen molar-refractivity contribution in [3.8, 4) is 0 Å². The van der Waals surface area contributed by atoms with Gasteiger partial charge in [0.1, 0.15) is 0 Å². The zero-order chi connectivity index (χ0) is 5.70. The van der Waals surface area contributed by atoms with Gasteiger partial charge in [-0.25, -0.2) is 0 Å². The van der Waals surface area contributed by atoms with Crippen LogP contribution in [0.1, 0.15) is 13.3 Å². The van der Waals surface area contributed by atoms with Crippen LogP contribution in [0, 0.1) is 5.92 Å². The van der Waals surface area contributed by atoms with E-state index < -0.39 is 0 Å². The fraction of sp³-hybridized carbons (Fsp3) is 0.667. The number of hydrogen-bond donors (Lipinski definition) is 0. The maximum Gasteiger partial charge on any atom is 0.0228 e. The SMILES string of the molecule is C=CC(C)CCCl. The van der Waals surface area contributed by atoms with Gasteiger partial charge in [0.2, 0.25) is 0 Å². The first-order valence-electron chi connectivity index (χ1n) is 2.49. The molecule has 1 heteroatoms. The molecule has 0 bridgehead atoms. The van der Waals surface area contributed by atoms with Gasteiger partial charge in [0, 0.05) is 5.88 Å². The summed E-state index contributed by atoms with van der Waals surface area (Å²) in [6.45, 7) is 5.73. The fourth-order valence-electron chi connectivity index (χ4n) is 0.290. The molecule has 0 aromatic rings. The second-order valence-electron chi connectivity index (χ2n) is 1.69. The van der Waals surface area contributed by atoms with E-state index in [0.717, 1.165) is 12.3 Å². The summed E-state index contributed by atoms with van der Waals surface area (Å²) in [7, 11) is 0. The van der Waals surface area contributed by atoms with Crippen LogP contribution >= 0.6 is 11.6 Å². The highest BCUT2D eigenvalue weighted by atomic mass is 35.5. The van der Waals surface area contributed by atoms with E-state index in [9.17, 15) is 0 Å². The van der Waals surface area contributed by atoms with Crippen molar-refractivity contribution in [2.45, 2.75) is 13.3 Å². The molecule has 0 aliphatic carbocycles. The summed E-state index contributed by atoms with van der Waals surface area (Å²) in [6, 6.07) is 0. The maximum atomic E-state index is 5.43. The summed E-state index contributed by atoms with van der Waals surface area (Å²) in [5.41, 5.74) is 0.